The predicted octanol–water partition coefficient (Wildman–Crippen LogP) is 0.138. The molecule has 0 aliphatic rings. The number of imidazole rings is 1. The minimum atomic E-state index is -0.602. The second-order valence-electron chi connectivity index (χ2n) is 1.76. The molecule has 5 nitrogen and oxygen atoms in total. The molecule has 1 aromatic rings. The molecule has 0 aromatic carbocycles. The van der Waals surface area contributed by atoms with Gasteiger partial charge in [0.05, 0.1) is 0 Å². The van der Waals surface area contributed by atoms with Crippen molar-refractivity contribution in [2.45, 2.75) is 6.92 Å². The van der Waals surface area contributed by atoms with Crippen LogP contribution in [0.2, 0.25) is 0 Å². The number of carbonyl (C=O) groups is 1. The molecule has 0 radical (unpaired) electrons. The predicted molar refractivity (Wildman–Crippen MR) is 32.7 cm³/mol. The van der Waals surface area contributed by atoms with Crippen molar-refractivity contribution in [1.82, 2.24) is 15.0 Å². The van der Waals surface area contributed by atoms with Crippen LogP contribution in [0.25, 0.3) is 0 Å². The minimum absolute atomic E-state index is 0.534. The molecule has 0 spiro atoms. The first-order chi connectivity index (χ1) is 4.75. The smallest absolute Gasteiger partial charge is 0.287 e. The van der Waals surface area contributed by atoms with Crippen LogP contribution < -0.4 is 5.48 Å². The molecule has 54 valence electrons. The van der Waals surface area contributed by atoms with Crippen LogP contribution in [0.15, 0.2) is 12.4 Å². The lowest BCUT2D eigenvalue weighted by Crippen LogP contribution is -2.25. The molecule has 10 heavy (non-hydrogen) atoms. The van der Waals surface area contributed by atoms with Gasteiger partial charge in [0.25, 0.3) is 0 Å². The molecule has 0 unspecified atom stereocenters. The van der Waals surface area contributed by atoms with Gasteiger partial charge in [-0.2, -0.15) is 0 Å². The van der Waals surface area contributed by atoms with Crippen LogP contribution in [-0.2, 0) is 0 Å². The Morgan fingerprint density at radius 2 is 2.60 bits per heavy atom. The molecule has 0 aliphatic carbocycles. The monoisotopic (exact) mass is 141 g/mol. The summed E-state index contributed by atoms with van der Waals surface area (Å²) in [5.74, 6) is 0.534. The van der Waals surface area contributed by atoms with E-state index in [0.717, 1.165) is 0 Å². The van der Waals surface area contributed by atoms with Gasteiger partial charge >= 0.3 is 6.03 Å². The first-order valence-corrected chi connectivity index (χ1v) is 2.70. The fraction of sp³-hybridized carbons (Fsp3) is 0.200. The molecule has 1 rings (SSSR count). The van der Waals surface area contributed by atoms with Crippen molar-refractivity contribution >= 4 is 6.03 Å². The number of nitrogens with one attached hydrogen (secondary N) is 1. The summed E-state index contributed by atoms with van der Waals surface area (Å²) in [6.45, 7) is 1.66. The second kappa shape index (κ2) is 2.49. The second-order valence-corrected chi connectivity index (χ2v) is 1.76. The quantitative estimate of drug-likeness (QED) is 0.399. The first-order valence-electron chi connectivity index (χ1n) is 2.70. The van der Waals surface area contributed by atoms with E-state index in [2.05, 4.69) is 4.98 Å². The zero-order valence-electron chi connectivity index (χ0n) is 5.40. The van der Waals surface area contributed by atoms with E-state index in [1.54, 1.807) is 6.92 Å². The Bertz CT molecular complexity index is 243. The van der Waals surface area contributed by atoms with E-state index < -0.39 is 6.03 Å². The maximum Gasteiger partial charge on any atom is 0.350 e. The fourth-order valence-corrected chi connectivity index (χ4v) is 0.646. The van der Waals surface area contributed by atoms with E-state index in [1.807, 2.05) is 0 Å². The number of hydrogen-bond acceptors (Lipinski definition) is 3. The van der Waals surface area contributed by atoms with Crippen LogP contribution >= 0.6 is 0 Å². The Balaban J connectivity index is 2.93. The number of aryl methyl sites for hydroxylation is 1. The highest BCUT2D eigenvalue weighted by Crippen LogP contribution is 1.92. The maximum absolute atomic E-state index is 10.7. The molecule has 1 heterocycles. The summed E-state index contributed by atoms with van der Waals surface area (Å²) >= 11 is 0. The molecule has 0 saturated heterocycles. The minimum Gasteiger partial charge on any atom is -0.287 e. The Kier molecular flexibility index (Phi) is 1.68. The Morgan fingerprint density at radius 3 is 3.00 bits per heavy atom. The van der Waals surface area contributed by atoms with Gasteiger partial charge in [0, 0.05) is 12.4 Å². The Morgan fingerprint density at radius 1 is 1.90 bits per heavy atom. The summed E-state index contributed by atoms with van der Waals surface area (Å²) < 4.78 is 1.19. The molecule has 0 saturated carbocycles. The average molecular weight is 141 g/mol. The number of rotatable bonds is 0. The molecule has 0 aliphatic heterocycles. The van der Waals surface area contributed by atoms with Gasteiger partial charge in [-0.15, -0.1) is 0 Å². The summed E-state index contributed by atoms with van der Waals surface area (Å²) in [6, 6.07) is -0.602. The number of nitrogens with zero attached hydrogens (tertiary/aromatic N) is 2. The third-order valence-corrected chi connectivity index (χ3v) is 1.14. The van der Waals surface area contributed by atoms with Crippen molar-refractivity contribution in [3.8, 4) is 0 Å². The van der Waals surface area contributed by atoms with Crippen molar-refractivity contribution in [3.63, 3.8) is 0 Å². The Hall–Kier alpha value is -1.36. The lowest BCUT2D eigenvalue weighted by molar-refractivity contribution is 0.162. The molecule has 5 heteroatoms. The first kappa shape index (κ1) is 6.76. The summed E-state index contributed by atoms with van der Waals surface area (Å²) in [5, 5.41) is 8.18. The summed E-state index contributed by atoms with van der Waals surface area (Å²) in [4.78, 5) is 14.4. The van der Waals surface area contributed by atoms with Crippen molar-refractivity contribution in [3.05, 3.63) is 18.2 Å². The van der Waals surface area contributed by atoms with Gasteiger partial charge in [-0.3, -0.25) is 9.77 Å². The molecule has 1 aromatic heterocycles. The normalized spacial score (nSPS) is 9.40. The lowest BCUT2D eigenvalue weighted by Gasteiger charge is -1.98. The topological polar surface area (TPSA) is 67.2 Å². The van der Waals surface area contributed by atoms with Gasteiger partial charge in [-0.25, -0.2) is 15.3 Å². The van der Waals surface area contributed by atoms with E-state index in [-0.39, 0.29) is 0 Å². The van der Waals surface area contributed by atoms with Crippen LogP contribution in [0.4, 0.5) is 4.79 Å². The molecule has 0 atom stereocenters. The summed E-state index contributed by atoms with van der Waals surface area (Å²) in [6.07, 6.45) is 2.94. The van der Waals surface area contributed by atoms with Gasteiger partial charge in [-0.05, 0) is 6.92 Å². The van der Waals surface area contributed by atoms with Crippen LogP contribution in [0.3, 0.4) is 0 Å². The Labute approximate surface area is 57.3 Å². The van der Waals surface area contributed by atoms with E-state index in [1.165, 1.54) is 22.4 Å². The van der Waals surface area contributed by atoms with Crippen LogP contribution in [0, 0.1) is 6.92 Å². The van der Waals surface area contributed by atoms with Crippen LogP contribution in [0.5, 0.6) is 0 Å². The van der Waals surface area contributed by atoms with Gasteiger partial charge in [0.1, 0.15) is 5.82 Å². The summed E-state index contributed by atoms with van der Waals surface area (Å²) in [5.41, 5.74) is 1.49. The van der Waals surface area contributed by atoms with Crippen molar-refractivity contribution in [2.24, 2.45) is 0 Å². The maximum atomic E-state index is 10.7. The number of hydroxylamine groups is 1. The third kappa shape index (κ3) is 0.985. The fourth-order valence-electron chi connectivity index (χ4n) is 0.646. The van der Waals surface area contributed by atoms with E-state index in [4.69, 9.17) is 5.21 Å². The number of hydrogen-bond donors (Lipinski definition) is 2. The molecule has 2 N–H and O–H groups in total. The number of amides is 1. The van der Waals surface area contributed by atoms with E-state index >= 15 is 0 Å². The van der Waals surface area contributed by atoms with Crippen LogP contribution in [-0.4, -0.2) is 20.8 Å². The highest BCUT2D eigenvalue weighted by Gasteiger charge is 2.03. The zero-order valence-corrected chi connectivity index (χ0v) is 5.40. The van der Waals surface area contributed by atoms with E-state index in [9.17, 15) is 4.79 Å². The molecule has 0 bridgehead atoms. The summed E-state index contributed by atoms with van der Waals surface area (Å²) in [7, 11) is 0. The molecular weight excluding hydrogens is 134 g/mol. The highest BCUT2D eigenvalue weighted by atomic mass is 16.5. The van der Waals surface area contributed by atoms with Gasteiger partial charge in [0.2, 0.25) is 0 Å². The number of aromatic nitrogens is 2. The third-order valence-electron chi connectivity index (χ3n) is 1.14. The molecular formula is C5H7N3O2. The van der Waals surface area contributed by atoms with Gasteiger partial charge < -0.3 is 0 Å². The standard InChI is InChI=1S/C5H7N3O2/c1-4-6-2-3-8(4)5(9)7-10/h2-3,10H,1H3,(H,7,9). The largest absolute Gasteiger partial charge is 0.350 e. The average Bonchev–Trinajstić information content (AvgIpc) is 2.34. The molecule has 0 fully saturated rings. The van der Waals surface area contributed by atoms with Crippen molar-refractivity contribution in [1.29, 1.82) is 0 Å². The molecule has 1 amide bonds. The van der Waals surface area contributed by atoms with Crippen molar-refractivity contribution in [2.75, 3.05) is 0 Å². The van der Waals surface area contributed by atoms with E-state index in [0.29, 0.717) is 5.82 Å². The number of carbonyl (C=O) groups excluding carboxylic acids is 1. The van der Waals surface area contributed by atoms with Crippen molar-refractivity contribution < 1.29 is 10.0 Å². The highest BCUT2D eigenvalue weighted by molar-refractivity contribution is 5.75. The zero-order chi connectivity index (χ0) is 7.56. The van der Waals surface area contributed by atoms with Crippen LogP contribution in [0.1, 0.15) is 5.82 Å². The van der Waals surface area contributed by atoms with Gasteiger partial charge in [0.15, 0.2) is 0 Å². The lowest BCUT2D eigenvalue weighted by atomic mass is 10.7. The SMILES string of the molecule is Cc1nccn1C(=O)NO. The van der Waals surface area contributed by atoms with Gasteiger partial charge in [-0.1, -0.05) is 0 Å².